The van der Waals surface area contributed by atoms with Crippen molar-refractivity contribution in [1.82, 2.24) is 4.90 Å². The fraction of sp³-hybridized carbons (Fsp3) is 0.154. The molecule has 4 rings (SSSR count). The van der Waals surface area contributed by atoms with Crippen LogP contribution in [0.4, 0.5) is 4.79 Å². The number of hydrogen-bond acceptors (Lipinski definition) is 6. The minimum Gasteiger partial charge on any atom is -0.493 e. The van der Waals surface area contributed by atoms with Gasteiger partial charge in [-0.25, -0.2) is 0 Å². The molecule has 1 aliphatic rings. The van der Waals surface area contributed by atoms with E-state index in [1.165, 1.54) is 12.0 Å². The number of para-hydroxylation sites is 1. The van der Waals surface area contributed by atoms with Crippen LogP contribution in [0.15, 0.2) is 71.6 Å². The Kier molecular flexibility index (Phi) is 8.23. The molecule has 1 aliphatic heterocycles. The zero-order valence-electron chi connectivity index (χ0n) is 18.7. The lowest BCUT2D eigenvalue weighted by Gasteiger charge is -2.14. The normalized spacial score (nSPS) is 14.5. The molecule has 0 spiro atoms. The van der Waals surface area contributed by atoms with Gasteiger partial charge in [0.15, 0.2) is 11.5 Å². The SMILES string of the molecule is COc1ccc(/C=C2\SC(=O)N(CCOc3ccccc3)C2=O)cc1OCc1c(Cl)cccc1Cl. The standard InChI is InChI=1S/C26H21Cl2NO5S/c1-32-22-11-10-17(14-23(22)34-16-19-20(27)8-5-9-21(19)28)15-24-25(30)29(26(31)35-24)12-13-33-18-6-3-2-4-7-18/h2-11,14-15H,12-13,16H2,1H3/b24-15-. The fourth-order valence-electron chi connectivity index (χ4n) is 3.33. The molecular weight excluding hydrogens is 509 g/mol. The number of benzene rings is 3. The third-order valence-corrected chi connectivity index (χ3v) is 6.74. The molecule has 0 N–H and O–H groups in total. The van der Waals surface area contributed by atoms with Gasteiger partial charge in [0.1, 0.15) is 19.0 Å². The second kappa shape index (κ2) is 11.5. The Bertz CT molecular complexity index is 1250. The largest absolute Gasteiger partial charge is 0.493 e. The molecule has 2 amide bonds. The van der Waals surface area contributed by atoms with Crippen LogP contribution in [0.25, 0.3) is 6.08 Å². The van der Waals surface area contributed by atoms with E-state index >= 15 is 0 Å². The highest BCUT2D eigenvalue weighted by Crippen LogP contribution is 2.35. The molecular formula is C26H21Cl2NO5S. The summed E-state index contributed by atoms with van der Waals surface area (Å²) in [6.07, 6.45) is 1.65. The van der Waals surface area contributed by atoms with Crippen LogP contribution in [0.3, 0.4) is 0 Å². The summed E-state index contributed by atoms with van der Waals surface area (Å²) in [6.45, 7) is 0.503. The molecule has 0 radical (unpaired) electrons. The van der Waals surface area contributed by atoms with Gasteiger partial charge in [-0.1, -0.05) is 53.5 Å². The fourth-order valence-corrected chi connectivity index (χ4v) is 4.70. The Morgan fingerprint density at radius 3 is 2.37 bits per heavy atom. The number of imide groups is 1. The molecule has 0 unspecified atom stereocenters. The number of thioether (sulfide) groups is 1. The van der Waals surface area contributed by atoms with Crippen LogP contribution in [0.2, 0.25) is 10.0 Å². The predicted molar refractivity (Wildman–Crippen MR) is 138 cm³/mol. The first kappa shape index (κ1) is 25.0. The Labute approximate surface area is 217 Å². The lowest BCUT2D eigenvalue weighted by Crippen LogP contribution is -2.32. The quantitative estimate of drug-likeness (QED) is 0.287. The van der Waals surface area contributed by atoms with Crippen LogP contribution in [-0.4, -0.2) is 36.3 Å². The van der Waals surface area contributed by atoms with Crippen molar-refractivity contribution < 1.29 is 23.8 Å². The van der Waals surface area contributed by atoms with E-state index in [4.69, 9.17) is 37.4 Å². The van der Waals surface area contributed by atoms with Gasteiger partial charge in [0.2, 0.25) is 0 Å². The van der Waals surface area contributed by atoms with Crippen molar-refractivity contribution in [3.63, 3.8) is 0 Å². The second-order valence-corrected chi connectivity index (χ2v) is 9.20. The average Bonchev–Trinajstić information content (AvgIpc) is 3.12. The Balaban J connectivity index is 1.45. The monoisotopic (exact) mass is 529 g/mol. The number of hydrogen-bond donors (Lipinski definition) is 0. The summed E-state index contributed by atoms with van der Waals surface area (Å²) in [5, 5.41) is 0.659. The van der Waals surface area contributed by atoms with E-state index in [-0.39, 0.29) is 30.9 Å². The maximum absolute atomic E-state index is 12.8. The third kappa shape index (κ3) is 6.11. The van der Waals surface area contributed by atoms with Crippen LogP contribution >= 0.6 is 35.0 Å². The summed E-state index contributed by atoms with van der Waals surface area (Å²) in [7, 11) is 1.53. The average molecular weight is 530 g/mol. The van der Waals surface area contributed by atoms with E-state index in [0.717, 1.165) is 11.8 Å². The first-order valence-corrected chi connectivity index (χ1v) is 12.2. The van der Waals surface area contributed by atoms with Crippen LogP contribution in [0, 0.1) is 0 Å². The first-order valence-electron chi connectivity index (χ1n) is 10.6. The molecule has 3 aromatic carbocycles. The van der Waals surface area contributed by atoms with Gasteiger partial charge < -0.3 is 14.2 Å². The third-order valence-electron chi connectivity index (χ3n) is 5.12. The minimum absolute atomic E-state index is 0.135. The van der Waals surface area contributed by atoms with Crippen LogP contribution < -0.4 is 14.2 Å². The van der Waals surface area contributed by atoms with Crippen molar-refractivity contribution in [3.8, 4) is 17.2 Å². The van der Waals surface area contributed by atoms with Gasteiger partial charge in [-0.2, -0.15) is 0 Å². The van der Waals surface area contributed by atoms with Gasteiger partial charge in [-0.15, -0.1) is 0 Å². The number of ether oxygens (including phenoxy) is 3. The highest BCUT2D eigenvalue weighted by Gasteiger charge is 2.34. The number of carbonyl (C=O) groups excluding carboxylic acids is 2. The van der Waals surface area contributed by atoms with Crippen molar-refractivity contribution >= 4 is 52.2 Å². The zero-order chi connectivity index (χ0) is 24.8. The molecule has 0 atom stereocenters. The zero-order valence-corrected chi connectivity index (χ0v) is 21.0. The number of amides is 2. The van der Waals surface area contributed by atoms with Crippen molar-refractivity contribution in [2.24, 2.45) is 0 Å². The lowest BCUT2D eigenvalue weighted by molar-refractivity contribution is -0.123. The minimum atomic E-state index is -0.363. The predicted octanol–water partition coefficient (Wildman–Crippen LogP) is 6.70. The molecule has 1 fully saturated rings. The van der Waals surface area contributed by atoms with Crippen LogP contribution in [-0.2, 0) is 11.4 Å². The van der Waals surface area contributed by atoms with E-state index in [9.17, 15) is 9.59 Å². The van der Waals surface area contributed by atoms with Crippen molar-refractivity contribution in [1.29, 1.82) is 0 Å². The summed E-state index contributed by atoms with van der Waals surface area (Å²) >= 11 is 13.4. The molecule has 0 aromatic heterocycles. The van der Waals surface area contributed by atoms with Gasteiger partial charge >= 0.3 is 0 Å². The van der Waals surface area contributed by atoms with Gasteiger partial charge in [0, 0.05) is 15.6 Å². The number of halogens is 2. The van der Waals surface area contributed by atoms with E-state index in [2.05, 4.69) is 0 Å². The molecule has 0 aliphatic carbocycles. The number of carbonyl (C=O) groups is 2. The Hall–Kier alpha value is -3.13. The molecule has 6 nitrogen and oxygen atoms in total. The summed E-state index contributed by atoms with van der Waals surface area (Å²) in [5.41, 5.74) is 1.33. The second-order valence-electron chi connectivity index (χ2n) is 7.39. The number of rotatable bonds is 9. The molecule has 9 heteroatoms. The van der Waals surface area contributed by atoms with E-state index in [1.54, 1.807) is 42.5 Å². The molecule has 3 aromatic rings. The van der Waals surface area contributed by atoms with Gasteiger partial charge in [0.25, 0.3) is 11.1 Å². The molecule has 35 heavy (non-hydrogen) atoms. The van der Waals surface area contributed by atoms with Crippen molar-refractivity contribution in [2.45, 2.75) is 6.61 Å². The summed E-state index contributed by atoms with van der Waals surface area (Å²) < 4.78 is 16.9. The maximum Gasteiger partial charge on any atom is 0.293 e. The molecule has 0 bridgehead atoms. The van der Waals surface area contributed by atoms with E-state index < -0.39 is 0 Å². The van der Waals surface area contributed by atoms with Gasteiger partial charge in [-0.05, 0) is 59.8 Å². The van der Waals surface area contributed by atoms with Crippen molar-refractivity contribution in [3.05, 3.63) is 92.8 Å². The molecule has 180 valence electrons. The first-order chi connectivity index (χ1) is 17.0. The summed E-state index contributed by atoms with van der Waals surface area (Å²) in [5.74, 6) is 1.28. The molecule has 0 saturated carbocycles. The Morgan fingerprint density at radius 2 is 1.66 bits per heavy atom. The van der Waals surface area contributed by atoms with Gasteiger partial charge in [-0.3, -0.25) is 14.5 Å². The van der Waals surface area contributed by atoms with Gasteiger partial charge in [0.05, 0.1) is 18.6 Å². The number of nitrogens with zero attached hydrogens (tertiary/aromatic N) is 1. The number of methoxy groups -OCH3 is 1. The van der Waals surface area contributed by atoms with Crippen LogP contribution in [0.5, 0.6) is 17.2 Å². The summed E-state index contributed by atoms with van der Waals surface area (Å²) in [6, 6.07) is 19.7. The van der Waals surface area contributed by atoms with E-state index in [0.29, 0.717) is 43.3 Å². The molecule has 1 saturated heterocycles. The summed E-state index contributed by atoms with van der Waals surface area (Å²) in [4.78, 5) is 26.8. The smallest absolute Gasteiger partial charge is 0.293 e. The highest BCUT2D eigenvalue weighted by atomic mass is 35.5. The highest BCUT2D eigenvalue weighted by molar-refractivity contribution is 8.18. The maximum atomic E-state index is 12.8. The Morgan fingerprint density at radius 1 is 0.914 bits per heavy atom. The molecule has 1 heterocycles. The van der Waals surface area contributed by atoms with E-state index in [1.807, 2.05) is 30.3 Å². The van der Waals surface area contributed by atoms with Crippen LogP contribution in [0.1, 0.15) is 11.1 Å². The topological polar surface area (TPSA) is 65.1 Å². The van der Waals surface area contributed by atoms with Crippen molar-refractivity contribution in [2.75, 3.05) is 20.3 Å². The lowest BCUT2D eigenvalue weighted by atomic mass is 10.1.